The summed E-state index contributed by atoms with van der Waals surface area (Å²) in [5.74, 6) is 0. The van der Waals surface area contributed by atoms with E-state index in [9.17, 15) is 4.79 Å². The highest BCUT2D eigenvalue weighted by atomic mass is 28.4. The van der Waals surface area contributed by atoms with Crippen LogP contribution in [0, 0.1) is 0 Å². The molecule has 0 aliphatic rings. The maximum atomic E-state index is 12.6. The Morgan fingerprint density at radius 3 is 2.00 bits per heavy atom. The zero-order chi connectivity index (χ0) is 22.7. The van der Waals surface area contributed by atoms with Gasteiger partial charge in [-0.05, 0) is 38.9 Å². The van der Waals surface area contributed by atoms with E-state index in [1.807, 2.05) is 26.8 Å². The van der Waals surface area contributed by atoms with Crippen LogP contribution in [-0.4, -0.2) is 40.7 Å². The number of hydrogen-bond acceptors (Lipinski definition) is 3. The van der Waals surface area contributed by atoms with E-state index >= 15 is 0 Å². The number of rotatable bonds is 7. The number of carbonyl (C=O) groups is 1. The molecule has 1 aromatic carbocycles. The number of carbonyl (C=O) groups excluding carboxylic acids is 1. The molecular weight excluding hydrogens is 394 g/mol. The van der Waals surface area contributed by atoms with E-state index in [-0.39, 0.29) is 11.1 Å². The molecule has 1 atom stereocenters. The summed E-state index contributed by atoms with van der Waals surface area (Å²) in [7, 11) is -4.01. The van der Waals surface area contributed by atoms with E-state index in [2.05, 4.69) is 83.1 Å². The van der Waals surface area contributed by atoms with E-state index in [1.165, 1.54) is 5.19 Å². The van der Waals surface area contributed by atoms with E-state index in [0.717, 1.165) is 5.20 Å². The molecule has 29 heavy (non-hydrogen) atoms. The first kappa shape index (κ1) is 25.7. The van der Waals surface area contributed by atoms with Crippen LogP contribution in [0.1, 0.15) is 41.5 Å². The Kier molecular flexibility index (Phi) is 8.13. The number of amides is 1. The molecule has 0 fully saturated rings. The third-order valence-corrected chi connectivity index (χ3v) is 14.1. The molecule has 1 N–H and O–H groups in total. The summed E-state index contributed by atoms with van der Waals surface area (Å²) < 4.78 is 12.0. The van der Waals surface area contributed by atoms with Crippen molar-refractivity contribution in [2.24, 2.45) is 0 Å². The Morgan fingerprint density at radius 1 is 1.03 bits per heavy atom. The molecule has 0 radical (unpaired) electrons. The van der Waals surface area contributed by atoms with Gasteiger partial charge in [0.05, 0.1) is 12.6 Å². The Hall–Kier alpha value is -1.38. The average Bonchev–Trinajstić information content (AvgIpc) is 2.56. The van der Waals surface area contributed by atoms with Crippen LogP contribution in [0.3, 0.4) is 0 Å². The smallest absolute Gasteiger partial charge is 0.408 e. The third kappa shape index (κ3) is 7.43. The lowest BCUT2D eigenvalue weighted by Gasteiger charge is -2.39. The molecule has 0 bridgehead atoms. The van der Waals surface area contributed by atoms with Crippen LogP contribution in [0.4, 0.5) is 4.79 Å². The highest BCUT2D eigenvalue weighted by molar-refractivity contribution is 6.95. The number of ether oxygens (including phenoxy) is 1. The Balaban J connectivity index is 3.12. The maximum Gasteiger partial charge on any atom is 0.408 e. The zero-order valence-corrected chi connectivity index (χ0v) is 22.1. The largest absolute Gasteiger partial charge is 0.444 e. The molecule has 1 rings (SSSR count). The van der Waals surface area contributed by atoms with Gasteiger partial charge in [0.25, 0.3) is 0 Å². The van der Waals surface area contributed by atoms with Crippen molar-refractivity contribution < 1.29 is 14.0 Å². The highest BCUT2D eigenvalue weighted by Gasteiger charge is 2.39. The van der Waals surface area contributed by atoms with Gasteiger partial charge in [0.2, 0.25) is 0 Å². The van der Waals surface area contributed by atoms with E-state index < -0.39 is 28.1 Å². The van der Waals surface area contributed by atoms with Gasteiger partial charge in [-0.2, -0.15) is 0 Å². The lowest BCUT2D eigenvalue weighted by atomic mass is 10.2. The zero-order valence-electron chi connectivity index (χ0n) is 20.1. The van der Waals surface area contributed by atoms with Crippen LogP contribution in [0.2, 0.25) is 31.2 Å². The van der Waals surface area contributed by atoms with Crippen LogP contribution in [0.5, 0.6) is 0 Å². The predicted molar refractivity (Wildman–Crippen MR) is 129 cm³/mol. The summed E-state index contributed by atoms with van der Waals surface area (Å²) in [6, 6.07) is 10.1. The molecule has 0 saturated heterocycles. The topological polar surface area (TPSA) is 47.6 Å². The van der Waals surface area contributed by atoms with Crippen molar-refractivity contribution in [3.63, 3.8) is 0 Å². The van der Waals surface area contributed by atoms with Gasteiger partial charge in [-0.25, -0.2) is 4.79 Å². The second-order valence-electron chi connectivity index (χ2n) is 10.8. The van der Waals surface area contributed by atoms with Gasteiger partial charge >= 0.3 is 6.09 Å². The summed E-state index contributed by atoms with van der Waals surface area (Å²) in [6.07, 6.45) is -0.430. The molecule has 0 aromatic heterocycles. The van der Waals surface area contributed by atoms with Gasteiger partial charge in [-0.3, -0.25) is 0 Å². The molecule has 6 heteroatoms. The van der Waals surface area contributed by atoms with E-state index in [0.29, 0.717) is 6.61 Å². The Bertz CT molecular complexity index is 701. The first-order chi connectivity index (χ1) is 13.0. The van der Waals surface area contributed by atoms with Crippen molar-refractivity contribution in [3.05, 3.63) is 42.1 Å². The molecule has 0 spiro atoms. The fourth-order valence-corrected chi connectivity index (χ4v) is 6.10. The minimum atomic E-state index is -2.04. The fourth-order valence-electron chi connectivity index (χ4n) is 2.66. The Morgan fingerprint density at radius 2 is 1.55 bits per heavy atom. The summed E-state index contributed by atoms with van der Waals surface area (Å²) in [5.41, 5.74) is -0.553. The number of benzene rings is 1. The first-order valence-electron chi connectivity index (χ1n) is 10.4. The SMILES string of the molecule is C=C([C@@H](CO[Si](C)(C)C(C)(C)C)NC(=O)OC(C)(C)C)[Si](C)(C)c1ccccc1. The van der Waals surface area contributed by atoms with E-state index in [4.69, 9.17) is 9.16 Å². The summed E-state index contributed by atoms with van der Waals surface area (Å²) in [5, 5.41) is 5.46. The maximum absolute atomic E-state index is 12.6. The molecule has 0 saturated carbocycles. The summed E-state index contributed by atoms with van der Waals surface area (Å²) >= 11 is 0. The quantitative estimate of drug-likeness (QED) is 0.566. The monoisotopic (exact) mass is 435 g/mol. The number of nitrogens with one attached hydrogen (secondary N) is 1. The Labute approximate surface area is 180 Å². The van der Waals surface area contributed by atoms with Crippen LogP contribution >= 0.6 is 0 Å². The minimum absolute atomic E-state index is 0.0944. The highest BCUT2D eigenvalue weighted by Crippen LogP contribution is 2.36. The molecule has 0 unspecified atom stereocenters. The van der Waals surface area contributed by atoms with Crippen molar-refractivity contribution in [1.82, 2.24) is 5.32 Å². The third-order valence-electron chi connectivity index (χ3n) is 5.83. The molecule has 1 aromatic rings. The molecule has 4 nitrogen and oxygen atoms in total. The van der Waals surface area contributed by atoms with Crippen LogP contribution in [0.25, 0.3) is 0 Å². The van der Waals surface area contributed by atoms with Crippen molar-refractivity contribution in [3.8, 4) is 0 Å². The van der Waals surface area contributed by atoms with Crippen molar-refractivity contribution in [2.75, 3.05) is 6.61 Å². The molecular formula is C23H41NO3Si2. The van der Waals surface area contributed by atoms with Gasteiger partial charge in [-0.15, -0.1) is 6.58 Å². The summed E-state index contributed by atoms with van der Waals surface area (Å²) in [4.78, 5) is 12.6. The lowest BCUT2D eigenvalue weighted by Crippen LogP contribution is -2.54. The van der Waals surface area contributed by atoms with Gasteiger partial charge in [0.1, 0.15) is 13.7 Å². The normalized spacial score (nSPS) is 14.3. The van der Waals surface area contributed by atoms with Gasteiger partial charge in [-0.1, -0.05) is 74.6 Å². The number of hydrogen-bond donors (Lipinski definition) is 1. The first-order valence-corrected chi connectivity index (χ1v) is 16.3. The second kappa shape index (κ2) is 9.19. The molecule has 1 amide bonds. The lowest BCUT2D eigenvalue weighted by molar-refractivity contribution is 0.0498. The average molecular weight is 436 g/mol. The number of alkyl carbamates (subject to hydrolysis) is 1. The van der Waals surface area contributed by atoms with Crippen molar-refractivity contribution in [2.45, 2.75) is 84.4 Å². The van der Waals surface area contributed by atoms with Crippen molar-refractivity contribution in [1.29, 1.82) is 0 Å². The standard InChI is InChI=1S/C23H41NO3Si2/c1-18(28(8,9)19-15-13-12-14-16-19)20(24-21(25)27-22(2,3)4)17-26-29(10,11)23(5,6)7/h12-16,20H,1,17H2,2-11H3,(H,24,25)/t20-/m1/s1. The van der Waals surface area contributed by atoms with Crippen molar-refractivity contribution >= 4 is 27.7 Å². The van der Waals surface area contributed by atoms with Gasteiger partial charge in [0, 0.05) is 0 Å². The molecule has 0 aliphatic carbocycles. The van der Waals surface area contributed by atoms with Gasteiger partial charge < -0.3 is 14.5 Å². The summed E-state index contributed by atoms with van der Waals surface area (Å²) in [6.45, 7) is 26.1. The molecule has 164 valence electrons. The molecule has 0 heterocycles. The van der Waals surface area contributed by atoms with Crippen LogP contribution < -0.4 is 10.5 Å². The fraction of sp³-hybridized carbons (Fsp3) is 0.609. The second-order valence-corrected chi connectivity index (χ2v) is 20.1. The minimum Gasteiger partial charge on any atom is -0.444 e. The van der Waals surface area contributed by atoms with Crippen LogP contribution in [-0.2, 0) is 9.16 Å². The van der Waals surface area contributed by atoms with Gasteiger partial charge in [0.15, 0.2) is 8.32 Å². The predicted octanol–water partition coefficient (Wildman–Crippen LogP) is 5.61. The van der Waals surface area contributed by atoms with E-state index in [1.54, 1.807) is 0 Å². The van der Waals surface area contributed by atoms with Crippen LogP contribution in [0.15, 0.2) is 42.1 Å². The molecule has 0 aliphatic heterocycles.